The Kier molecular flexibility index (Phi) is 1.73. The fourth-order valence-electron chi connectivity index (χ4n) is 2.18. The zero-order chi connectivity index (χ0) is 9.69. The Morgan fingerprint density at radius 3 is 2.92 bits per heavy atom. The summed E-state index contributed by atoms with van der Waals surface area (Å²) in [5.41, 5.74) is 0. The molecule has 3 atom stereocenters. The first-order valence-electron chi connectivity index (χ1n) is 4.76. The van der Waals surface area contributed by atoms with Crippen LogP contribution in [-0.4, -0.2) is 17.7 Å². The van der Waals surface area contributed by atoms with Crippen molar-refractivity contribution in [3.05, 3.63) is 12.3 Å². The lowest BCUT2D eigenvalue weighted by Crippen LogP contribution is -2.46. The number of ether oxygens (including phenoxy) is 3. The molecule has 0 N–H and O–H groups in total. The van der Waals surface area contributed by atoms with Crippen molar-refractivity contribution in [2.75, 3.05) is 0 Å². The predicted molar refractivity (Wildman–Crippen MR) is 47.9 cm³/mol. The molecule has 2 aliphatic heterocycles. The van der Waals surface area contributed by atoms with Crippen LogP contribution in [0.25, 0.3) is 0 Å². The van der Waals surface area contributed by atoms with Crippen LogP contribution in [0.4, 0.5) is 0 Å². The van der Waals surface area contributed by atoms with Crippen molar-refractivity contribution in [1.82, 2.24) is 0 Å². The van der Waals surface area contributed by atoms with Gasteiger partial charge < -0.3 is 14.2 Å². The van der Waals surface area contributed by atoms with E-state index in [4.69, 9.17) is 14.2 Å². The lowest BCUT2D eigenvalue weighted by Gasteiger charge is -2.37. The van der Waals surface area contributed by atoms with E-state index in [0.717, 1.165) is 12.8 Å². The summed E-state index contributed by atoms with van der Waals surface area (Å²) < 4.78 is 17.1. The summed E-state index contributed by atoms with van der Waals surface area (Å²) in [6, 6.07) is 0. The van der Waals surface area contributed by atoms with Crippen molar-refractivity contribution in [3.63, 3.8) is 0 Å². The molecule has 0 aromatic rings. The van der Waals surface area contributed by atoms with Crippen LogP contribution in [0, 0.1) is 0 Å². The molecule has 13 heavy (non-hydrogen) atoms. The molecule has 0 radical (unpaired) electrons. The van der Waals surface area contributed by atoms with Crippen LogP contribution in [-0.2, 0) is 14.2 Å². The van der Waals surface area contributed by atoms with Gasteiger partial charge >= 0.3 is 0 Å². The van der Waals surface area contributed by atoms with Crippen molar-refractivity contribution in [1.29, 1.82) is 0 Å². The average Bonchev–Trinajstić information content (AvgIpc) is 2.18. The number of fused-ring (bicyclic) bond motifs is 2. The molecule has 3 nitrogen and oxygen atoms in total. The highest BCUT2D eigenvalue weighted by atomic mass is 16.8. The smallest absolute Gasteiger partial charge is 0.230 e. The molecule has 2 saturated heterocycles. The molecule has 0 amide bonds. The molecule has 74 valence electrons. The largest absolute Gasteiger partial charge is 0.462 e. The molecule has 3 heteroatoms. The van der Waals surface area contributed by atoms with Gasteiger partial charge in [-0.1, -0.05) is 13.5 Å². The van der Waals surface area contributed by atoms with Gasteiger partial charge in [0.1, 0.15) is 0 Å². The Hall–Kier alpha value is -0.540. The monoisotopic (exact) mass is 184 g/mol. The third-order valence-electron chi connectivity index (χ3n) is 2.66. The maximum Gasteiger partial charge on any atom is 0.230 e. The van der Waals surface area contributed by atoms with Crippen molar-refractivity contribution in [2.24, 2.45) is 0 Å². The zero-order valence-corrected chi connectivity index (χ0v) is 8.42. The van der Waals surface area contributed by atoms with Gasteiger partial charge in [0, 0.05) is 19.8 Å². The van der Waals surface area contributed by atoms with E-state index in [1.165, 1.54) is 0 Å². The van der Waals surface area contributed by atoms with Gasteiger partial charge in [-0.25, -0.2) is 0 Å². The van der Waals surface area contributed by atoms with E-state index in [2.05, 4.69) is 6.58 Å². The Labute approximate surface area is 78.7 Å². The Balaban J connectivity index is 2.33. The lowest BCUT2D eigenvalue weighted by atomic mass is 10.1. The van der Waals surface area contributed by atoms with E-state index in [1.54, 1.807) is 0 Å². The van der Waals surface area contributed by atoms with Gasteiger partial charge in [0.25, 0.3) is 0 Å². The van der Waals surface area contributed by atoms with Crippen molar-refractivity contribution in [3.8, 4) is 0 Å². The van der Waals surface area contributed by atoms with Gasteiger partial charge in [-0.2, -0.15) is 0 Å². The molecular formula is C10H16O3. The van der Waals surface area contributed by atoms with Gasteiger partial charge in [-0.05, 0) is 6.92 Å². The van der Waals surface area contributed by atoms with Gasteiger partial charge in [0.2, 0.25) is 11.6 Å². The van der Waals surface area contributed by atoms with E-state index in [9.17, 15) is 0 Å². The topological polar surface area (TPSA) is 27.7 Å². The van der Waals surface area contributed by atoms with Gasteiger partial charge in [-0.15, -0.1) is 0 Å². The van der Waals surface area contributed by atoms with Crippen LogP contribution in [0.15, 0.2) is 12.3 Å². The van der Waals surface area contributed by atoms with Crippen LogP contribution < -0.4 is 0 Å². The Morgan fingerprint density at radius 1 is 1.62 bits per heavy atom. The summed E-state index contributed by atoms with van der Waals surface area (Å²) in [5, 5.41) is 0. The Morgan fingerprint density at radius 2 is 2.31 bits per heavy atom. The van der Waals surface area contributed by atoms with Crippen LogP contribution in [0.5, 0.6) is 0 Å². The van der Waals surface area contributed by atoms with Crippen molar-refractivity contribution >= 4 is 0 Å². The molecule has 2 aliphatic rings. The maximum absolute atomic E-state index is 5.76. The molecule has 0 aromatic carbocycles. The predicted octanol–water partition coefficient (Wildman–Crippen LogP) is 2.18. The van der Waals surface area contributed by atoms with Crippen LogP contribution in [0.3, 0.4) is 0 Å². The normalized spacial score (nSPS) is 49.2. The summed E-state index contributed by atoms with van der Waals surface area (Å²) in [4.78, 5) is 0. The van der Waals surface area contributed by atoms with Crippen LogP contribution in [0.2, 0.25) is 0 Å². The molecule has 0 aromatic heterocycles. The summed E-state index contributed by atoms with van der Waals surface area (Å²) >= 11 is 0. The summed E-state index contributed by atoms with van der Waals surface area (Å²) in [7, 11) is 0. The third kappa shape index (κ3) is 1.18. The maximum atomic E-state index is 5.76. The Bertz CT molecular complexity index is 251. The standard InChI is InChI=1S/C10H16O3/c1-5-10-8(3)12-9(4,13-10)6-7(2)11-10/h7H,3,5-6H2,1-2,4H3/t7-,9+,10+/m1/s1. The van der Waals surface area contributed by atoms with E-state index in [1.807, 2.05) is 20.8 Å². The molecular weight excluding hydrogens is 168 g/mol. The van der Waals surface area contributed by atoms with E-state index < -0.39 is 11.6 Å². The average molecular weight is 184 g/mol. The fourth-order valence-corrected chi connectivity index (χ4v) is 2.18. The van der Waals surface area contributed by atoms with Crippen LogP contribution >= 0.6 is 0 Å². The SMILES string of the molecule is C=C1O[C@]2(C)C[C@@H](C)O[C@@]1(CC)O2. The van der Waals surface area contributed by atoms with E-state index >= 15 is 0 Å². The molecule has 2 bridgehead atoms. The highest BCUT2D eigenvalue weighted by Crippen LogP contribution is 2.48. The van der Waals surface area contributed by atoms with Crippen molar-refractivity contribution < 1.29 is 14.2 Å². The zero-order valence-electron chi connectivity index (χ0n) is 8.42. The third-order valence-corrected chi connectivity index (χ3v) is 2.66. The first-order chi connectivity index (χ1) is 6.00. The molecule has 0 aliphatic carbocycles. The first-order valence-corrected chi connectivity index (χ1v) is 4.76. The molecule has 2 fully saturated rings. The fraction of sp³-hybridized carbons (Fsp3) is 0.800. The molecule has 2 rings (SSSR count). The second-order valence-corrected chi connectivity index (χ2v) is 4.00. The van der Waals surface area contributed by atoms with Gasteiger partial charge in [-0.3, -0.25) is 0 Å². The number of rotatable bonds is 1. The molecule has 2 heterocycles. The second kappa shape index (κ2) is 2.49. The molecule has 0 unspecified atom stereocenters. The highest BCUT2D eigenvalue weighted by Gasteiger charge is 2.57. The summed E-state index contributed by atoms with van der Waals surface area (Å²) in [6.07, 6.45) is 1.66. The summed E-state index contributed by atoms with van der Waals surface area (Å²) in [5.74, 6) is -0.598. The second-order valence-electron chi connectivity index (χ2n) is 4.00. The lowest BCUT2D eigenvalue weighted by molar-refractivity contribution is -0.320. The summed E-state index contributed by atoms with van der Waals surface area (Å²) in [6.45, 7) is 9.83. The van der Waals surface area contributed by atoms with Crippen LogP contribution in [0.1, 0.15) is 33.6 Å². The quantitative estimate of drug-likeness (QED) is 0.625. The first kappa shape index (κ1) is 9.03. The van der Waals surface area contributed by atoms with E-state index in [-0.39, 0.29) is 6.10 Å². The minimum Gasteiger partial charge on any atom is -0.462 e. The highest BCUT2D eigenvalue weighted by molar-refractivity contribution is 5.09. The number of hydrogen-bond donors (Lipinski definition) is 0. The molecule has 0 saturated carbocycles. The minimum atomic E-state index is -0.688. The van der Waals surface area contributed by atoms with Gasteiger partial charge in [0.05, 0.1) is 6.10 Å². The van der Waals surface area contributed by atoms with Crippen molar-refractivity contribution in [2.45, 2.75) is 51.3 Å². The van der Waals surface area contributed by atoms with E-state index in [0.29, 0.717) is 5.76 Å². The van der Waals surface area contributed by atoms with Gasteiger partial charge in [0.15, 0.2) is 5.76 Å². The minimum absolute atomic E-state index is 0.165. The molecule has 0 spiro atoms. The number of hydrogen-bond acceptors (Lipinski definition) is 3.